The summed E-state index contributed by atoms with van der Waals surface area (Å²) >= 11 is 0. The topological polar surface area (TPSA) is 56.8 Å². The third-order valence-corrected chi connectivity index (χ3v) is 3.21. The fourth-order valence-corrected chi connectivity index (χ4v) is 2.30. The molecule has 1 amide bonds. The number of alkyl carbamates (subject to hydrolysis) is 1. The Bertz CT molecular complexity index is 520. The molecule has 1 rings (SSSR count). The van der Waals surface area contributed by atoms with Crippen molar-refractivity contribution in [1.82, 2.24) is 5.32 Å². The minimum absolute atomic E-state index is 0.213. The summed E-state index contributed by atoms with van der Waals surface area (Å²) in [6, 6.07) is 5.36. The molecule has 5 heteroatoms. The first kappa shape index (κ1) is 19.1. The number of amides is 1. The van der Waals surface area contributed by atoms with Gasteiger partial charge in [-0.05, 0) is 51.3 Å². The zero-order valence-corrected chi connectivity index (χ0v) is 15.2. The van der Waals surface area contributed by atoms with Gasteiger partial charge in [-0.1, -0.05) is 13.8 Å². The Balaban J connectivity index is 3.08. The lowest BCUT2D eigenvalue weighted by Gasteiger charge is -2.26. The predicted octanol–water partition coefficient (Wildman–Crippen LogP) is 4.32. The molecular weight excluding hydrogens is 294 g/mol. The van der Waals surface area contributed by atoms with Gasteiger partial charge in [-0.2, -0.15) is 0 Å². The first-order valence-electron chi connectivity index (χ1n) is 7.87. The van der Waals surface area contributed by atoms with Crippen molar-refractivity contribution in [3.8, 4) is 11.5 Å². The molecule has 0 saturated carbocycles. The third kappa shape index (κ3) is 6.38. The van der Waals surface area contributed by atoms with Crippen LogP contribution in [0.25, 0.3) is 0 Å². The van der Waals surface area contributed by atoms with E-state index >= 15 is 0 Å². The first-order valence-corrected chi connectivity index (χ1v) is 7.87. The lowest BCUT2D eigenvalue weighted by Crippen LogP contribution is -2.35. The number of nitrogens with one attached hydrogen (secondary N) is 1. The largest absolute Gasteiger partial charge is 0.497 e. The van der Waals surface area contributed by atoms with Crippen LogP contribution < -0.4 is 14.8 Å². The summed E-state index contributed by atoms with van der Waals surface area (Å²) in [4.78, 5) is 12.2. The van der Waals surface area contributed by atoms with Crippen molar-refractivity contribution < 1.29 is 19.0 Å². The van der Waals surface area contributed by atoms with Crippen LogP contribution in [0.15, 0.2) is 18.2 Å². The van der Waals surface area contributed by atoms with E-state index < -0.39 is 11.7 Å². The Kier molecular flexibility index (Phi) is 6.73. The predicted molar refractivity (Wildman–Crippen MR) is 91.1 cm³/mol. The molecule has 0 bridgehead atoms. The molecule has 0 aliphatic carbocycles. The Morgan fingerprint density at radius 1 is 1.17 bits per heavy atom. The summed E-state index contributed by atoms with van der Waals surface area (Å²) in [6.45, 7) is 9.75. The molecule has 23 heavy (non-hydrogen) atoms. The van der Waals surface area contributed by atoms with E-state index in [1.165, 1.54) is 0 Å². The van der Waals surface area contributed by atoms with Gasteiger partial charge in [0.25, 0.3) is 0 Å². The second kappa shape index (κ2) is 8.09. The molecule has 0 spiro atoms. The maximum atomic E-state index is 12.2. The molecule has 1 unspecified atom stereocenters. The lowest BCUT2D eigenvalue weighted by molar-refractivity contribution is 0.0497. The van der Waals surface area contributed by atoms with Gasteiger partial charge < -0.3 is 19.5 Å². The van der Waals surface area contributed by atoms with E-state index in [1.54, 1.807) is 14.2 Å². The molecule has 1 aromatic carbocycles. The summed E-state index contributed by atoms with van der Waals surface area (Å²) in [7, 11) is 3.23. The normalized spacial score (nSPS) is 12.7. The van der Waals surface area contributed by atoms with Crippen molar-refractivity contribution in [2.24, 2.45) is 5.92 Å². The number of ether oxygens (including phenoxy) is 3. The average molecular weight is 323 g/mol. The first-order chi connectivity index (χ1) is 10.7. The van der Waals surface area contributed by atoms with Crippen molar-refractivity contribution in [2.45, 2.75) is 52.7 Å². The quantitative estimate of drug-likeness (QED) is 0.847. The highest BCUT2D eigenvalue weighted by molar-refractivity contribution is 5.68. The van der Waals surface area contributed by atoms with E-state index in [1.807, 2.05) is 39.0 Å². The van der Waals surface area contributed by atoms with Gasteiger partial charge in [0.1, 0.15) is 17.1 Å². The number of hydrogen-bond donors (Lipinski definition) is 1. The molecule has 0 fully saturated rings. The van der Waals surface area contributed by atoms with Gasteiger partial charge >= 0.3 is 6.09 Å². The number of carbonyl (C=O) groups is 1. The second-order valence-corrected chi connectivity index (χ2v) is 6.94. The summed E-state index contributed by atoms with van der Waals surface area (Å²) in [5.74, 6) is 1.83. The van der Waals surface area contributed by atoms with Crippen molar-refractivity contribution >= 4 is 6.09 Å². The molecule has 0 radical (unpaired) electrons. The molecule has 1 N–H and O–H groups in total. The zero-order chi connectivity index (χ0) is 17.6. The van der Waals surface area contributed by atoms with Crippen molar-refractivity contribution in [3.05, 3.63) is 23.8 Å². The molecule has 0 aromatic heterocycles. The molecule has 0 heterocycles. The molecule has 5 nitrogen and oxygen atoms in total. The van der Waals surface area contributed by atoms with Gasteiger partial charge in [0.05, 0.1) is 20.3 Å². The molecule has 0 aliphatic heterocycles. The summed E-state index contributed by atoms with van der Waals surface area (Å²) in [6.07, 6.45) is 0.330. The van der Waals surface area contributed by atoms with Crippen LogP contribution in [0, 0.1) is 5.92 Å². The Morgan fingerprint density at radius 3 is 2.30 bits per heavy atom. The molecule has 0 saturated heterocycles. The van der Waals surface area contributed by atoms with E-state index in [-0.39, 0.29) is 6.04 Å². The van der Waals surface area contributed by atoms with Gasteiger partial charge in [0.2, 0.25) is 0 Å². The van der Waals surface area contributed by atoms with Gasteiger partial charge in [0, 0.05) is 5.56 Å². The highest BCUT2D eigenvalue weighted by atomic mass is 16.6. The minimum atomic E-state index is -0.537. The smallest absolute Gasteiger partial charge is 0.408 e. The van der Waals surface area contributed by atoms with E-state index in [9.17, 15) is 4.79 Å². The van der Waals surface area contributed by atoms with Crippen LogP contribution in [0.5, 0.6) is 11.5 Å². The van der Waals surface area contributed by atoms with Gasteiger partial charge in [-0.25, -0.2) is 4.79 Å². The van der Waals surface area contributed by atoms with Crippen molar-refractivity contribution in [3.63, 3.8) is 0 Å². The Morgan fingerprint density at radius 2 is 1.83 bits per heavy atom. The molecule has 1 aromatic rings. The summed E-state index contributed by atoms with van der Waals surface area (Å²) < 4.78 is 16.1. The van der Waals surface area contributed by atoms with Crippen LogP contribution in [-0.2, 0) is 4.74 Å². The molecule has 1 atom stereocenters. The van der Waals surface area contributed by atoms with Crippen LogP contribution in [0.1, 0.15) is 52.6 Å². The number of benzene rings is 1. The van der Waals surface area contributed by atoms with Crippen molar-refractivity contribution in [2.75, 3.05) is 14.2 Å². The van der Waals surface area contributed by atoms with Crippen LogP contribution in [0.2, 0.25) is 0 Å². The van der Waals surface area contributed by atoms with Crippen LogP contribution in [0.3, 0.4) is 0 Å². The lowest BCUT2D eigenvalue weighted by atomic mass is 9.96. The minimum Gasteiger partial charge on any atom is -0.497 e. The molecular formula is C18H29NO4. The fourth-order valence-electron chi connectivity index (χ4n) is 2.30. The van der Waals surface area contributed by atoms with Crippen molar-refractivity contribution in [1.29, 1.82) is 0 Å². The maximum Gasteiger partial charge on any atom is 0.408 e. The van der Waals surface area contributed by atoms with Crippen LogP contribution in [0.4, 0.5) is 4.79 Å². The maximum absolute atomic E-state index is 12.2. The standard InChI is InChI=1S/C18H29NO4/c1-12(2)10-15(19-17(20)23-18(3,4)5)14-11-13(21-6)8-9-16(14)22-7/h8-9,11-12,15H,10H2,1-7H3,(H,19,20). The van der Waals surface area contributed by atoms with Gasteiger partial charge in [-0.15, -0.1) is 0 Å². The Labute approximate surface area is 139 Å². The van der Waals surface area contributed by atoms with E-state index in [0.717, 1.165) is 17.7 Å². The highest BCUT2D eigenvalue weighted by Crippen LogP contribution is 2.33. The number of carbonyl (C=O) groups excluding carboxylic acids is 1. The summed E-state index contributed by atoms with van der Waals surface area (Å²) in [5.41, 5.74) is 0.344. The highest BCUT2D eigenvalue weighted by Gasteiger charge is 2.24. The van der Waals surface area contributed by atoms with Crippen LogP contribution >= 0.6 is 0 Å². The number of rotatable bonds is 6. The van der Waals surface area contributed by atoms with E-state index in [4.69, 9.17) is 14.2 Å². The third-order valence-electron chi connectivity index (χ3n) is 3.21. The second-order valence-electron chi connectivity index (χ2n) is 6.94. The molecule has 130 valence electrons. The molecule has 0 aliphatic rings. The zero-order valence-electron chi connectivity index (χ0n) is 15.2. The fraction of sp³-hybridized carbons (Fsp3) is 0.611. The number of hydrogen-bond acceptors (Lipinski definition) is 4. The average Bonchev–Trinajstić information content (AvgIpc) is 2.43. The summed E-state index contributed by atoms with van der Waals surface area (Å²) in [5, 5.41) is 2.95. The SMILES string of the molecule is COc1ccc(OC)c(C(CC(C)C)NC(=O)OC(C)(C)C)c1. The van der Waals surface area contributed by atoms with Crippen LogP contribution in [-0.4, -0.2) is 25.9 Å². The van der Waals surface area contributed by atoms with Gasteiger partial charge in [-0.3, -0.25) is 0 Å². The van der Waals surface area contributed by atoms with E-state index in [2.05, 4.69) is 19.2 Å². The Hall–Kier alpha value is -1.91. The van der Waals surface area contributed by atoms with Gasteiger partial charge in [0.15, 0.2) is 0 Å². The number of methoxy groups -OCH3 is 2. The van der Waals surface area contributed by atoms with E-state index in [0.29, 0.717) is 11.7 Å². The monoisotopic (exact) mass is 323 g/mol.